The molecule has 3 nitrogen and oxygen atoms in total. The number of thioether (sulfide) groups is 1. The molecule has 0 saturated carbocycles. The number of ether oxygens (including phenoxy) is 1. The highest BCUT2D eigenvalue weighted by Gasteiger charge is 2.14. The minimum absolute atomic E-state index is 0.302. The number of rotatable bonds is 4. The van der Waals surface area contributed by atoms with Crippen LogP contribution < -0.4 is 0 Å². The first-order valence-corrected chi connectivity index (χ1v) is 6.01. The van der Waals surface area contributed by atoms with Gasteiger partial charge in [-0.25, -0.2) is 9.78 Å². The molecule has 0 aliphatic rings. The summed E-state index contributed by atoms with van der Waals surface area (Å²) < 4.78 is 4.90. The molecular formula is C10H12ClNO2S. The number of halogens is 1. The second kappa shape index (κ2) is 5.98. The lowest BCUT2D eigenvalue weighted by molar-refractivity contribution is 0.0515. The zero-order chi connectivity index (χ0) is 11.3. The van der Waals surface area contributed by atoms with Crippen molar-refractivity contribution in [2.24, 2.45) is 0 Å². The van der Waals surface area contributed by atoms with Crippen molar-refractivity contribution in [1.29, 1.82) is 0 Å². The number of hydrogen-bond acceptors (Lipinski definition) is 4. The van der Waals surface area contributed by atoms with Gasteiger partial charge in [0, 0.05) is 4.90 Å². The molecule has 0 N–H and O–H groups in total. The third-order valence-electron chi connectivity index (χ3n) is 1.59. The Kier molecular flexibility index (Phi) is 4.91. The lowest BCUT2D eigenvalue weighted by atomic mass is 10.3. The molecule has 1 heterocycles. The maximum absolute atomic E-state index is 11.5. The van der Waals surface area contributed by atoms with Crippen molar-refractivity contribution in [3.63, 3.8) is 0 Å². The van der Waals surface area contributed by atoms with Crippen molar-refractivity contribution in [2.45, 2.75) is 18.7 Å². The summed E-state index contributed by atoms with van der Waals surface area (Å²) >= 11 is 7.28. The number of carbonyl (C=O) groups excluding carboxylic acids is 1. The Balaban J connectivity index is 3.00. The van der Waals surface area contributed by atoms with Gasteiger partial charge in [-0.3, -0.25) is 0 Å². The first kappa shape index (κ1) is 12.3. The van der Waals surface area contributed by atoms with Gasteiger partial charge in [-0.15, -0.1) is 11.8 Å². The van der Waals surface area contributed by atoms with E-state index in [4.69, 9.17) is 16.3 Å². The topological polar surface area (TPSA) is 39.2 Å². The van der Waals surface area contributed by atoms with Gasteiger partial charge in [0.1, 0.15) is 5.15 Å². The fourth-order valence-electron chi connectivity index (χ4n) is 1.04. The van der Waals surface area contributed by atoms with Crippen molar-refractivity contribution in [2.75, 3.05) is 12.4 Å². The standard InChI is InChI=1S/C10H12ClNO2S/c1-3-14-10(13)9-7(15-4-2)5-6-8(11)12-9/h5-6H,3-4H2,1-2H3. The van der Waals surface area contributed by atoms with E-state index in [0.717, 1.165) is 10.6 Å². The smallest absolute Gasteiger partial charge is 0.358 e. The summed E-state index contributed by atoms with van der Waals surface area (Å²) in [5.74, 6) is 0.450. The molecule has 0 unspecified atom stereocenters. The molecule has 0 aliphatic heterocycles. The van der Waals surface area contributed by atoms with E-state index in [1.165, 1.54) is 0 Å². The van der Waals surface area contributed by atoms with Crippen molar-refractivity contribution < 1.29 is 9.53 Å². The summed E-state index contributed by atoms with van der Waals surface area (Å²) in [6, 6.07) is 3.46. The largest absolute Gasteiger partial charge is 0.461 e. The maximum atomic E-state index is 11.5. The molecule has 1 rings (SSSR count). The van der Waals surface area contributed by atoms with Gasteiger partial charge in [0.15, 0.2) is 5.69 Å². The monoisotopic (exact) mass is 245 g/mol. The number of pyridine rings is 1. The van der Waals surface area contributed by atoms with Crippen molar-refractivity contribution in [3.05, 3.63) is 23.0 Å². The highest BCUT2D eigenvalue weighted by atomic mass is 35.5. The third-order valence-corrected chi connectivity index (χ3v) is 2.73. The molecule has 0 radical (unpaired) electrons. The predicted molar refractivity (Wildman–Crippen MR) is 61.6 cm³/mol. The Morgan fingerprint density at radius 1 is 1.53 bits per heavy atom. The Bertz CT molecular complexity index is 357. The first-order valence-electron chi connectivity index (χ1n) is 4.65. The number of esters is 1. The molecule has 0 bridgehead atoms. The first-order chi connectivity index (χ1) is 7.19. The average molecular weight is 246 g/mol. The van der Waals surface area contributed by atoms with Gasteiger partial charge in [-0.2, -0.15) is 0 Å². The van der Waals surface area contributed by atoms with Gasteiger partial charge < -0.3 is 4.74 Å². The normalized spacial score (nSPS) is 10.1. The molecule has 82 valence electrons. The lowest BCUT2D eigenvalue weighted by Crippen LogP contribution is -2.08. The fraction of sp³-hybridized carbons (Fsp3) is 0.400. The Labute approximate surface area is 98.2 Å². The Hall–Kier alpha value is -0.740. The summed E-state index contributed by atoms with van der Waals surface area (Å²) in [5, 5.41) is 0.304. The van der Waals surface area contributed by atoms with Crippen LogP contribution in [0.3, 0.4) is 0 Å². The van der Waals surface area contributed by atoms with E-state index < -0.39 is 5.97 Å². The fourth-order valence-corrected chi connectivity index (χ4v) is 1.93. The van der Waals surface area contributed by atoms with Crippen LogP contribution in [-0.4, -0.2) is 23.3 Å². The number of hydrogen-bond donors (Lipinski definition) is 0. The van der Waals surface area contributed by atoms with Crippen LogP contribution in [0, 0.1) is 0 Å². The SMILES string of the molecule is CCOC(=O)c1nc(Cl)ccc1SCC. The van der Waals surface area contributed by atoms with E-state index in [2.05, 4.69) is 4.98 Å². The van der Waals surface area contributed by atoms with Crippen molar-refractivity contribution in [3.8, 4) is 0 Å². The minimum atomic E-state index is -0.420. The molecule has 0 atom stereocenters. The molecule has 0 aliphatic carbocycles. The molecule has 0 fully saturated rings. The van der Waals surface area contributed by atoms with E-state index in [0.29, 0.717) is 17.5 Å². The van der Waals surface area contributed by atoms with Gasteiger partial charge in [-0.05, 0) is 24.8 Å². The number of carbonyl (C=O) groups is 1. The van der Waals surface area contributed by atoms with Crippen LogP contribution in [-0.2, 0) is 4.74 Å². The molecule has 1 aromatic rings. The second-order valence-electron chi connectivity index (χ2n) is 2.63. The van der Waals surface area contributed by atoms with E-state index in [1.807, 2.05) is 6.92 Å². The summed E-state index contributed by atoms with van der Waals surface area (Å²) in [4.78, 5) is 16.3. The van der Waals surface area contributed by atoms with Crippen LogP contribution in [0.5, 0.6) is 0 Å². The lowest BCUT2D eigenvalue weighted by Gasteiger charge is -2.06. The van der Waals surface area contributed by atoms with Gasteiger partial charge in [-0.1, -0.05) is 18.5 Å². The van der Waals surface area contributed by atoms with Gasteiger partial charge in [0.25, 0.3) is 0 Å². The van der Waals surface area contributed by atoms with E-state index >= 15 is 0 Å². The van der Waals surface area contributed by atoms with Gasteiger partial charge in [0.05, 0.1) is 6.61 Å². The van der Waals surface area contributed by atoms with E-state index in [-0.39, 0.29) is 0 Å². The van der Waals surface area contributed by atoms with E-state index in [1.54, 1.807) is 30.8 Å². The van der Waals surface area contributed by atoms with Crippen molar-refractivity contribution >= 4 is 29.3 Å². The van der Waals surface area contributed by atoms with Crippen LogP contribution >= 0.6 is 23.4 Å². The zero-order valence-electron chi connectivity index (χ0n) is 8.62. The molecule has 1 aromatic heterocycles. The van der Waals surface area contributed by atoms with Crippen LogP contribution in [0.15, 0.2) is 17.0 Å². The maximum Gasteiger partial charge on any atom is 0.358 e. The number of nitrogens with zero attached hydrogens (tertiary/aromatic N) is 1. The Morgan fingerprint density at radius 3 is 2.87 bits per heavy atom. The average Bonchev–Trinajstić information content (AvgIpc) is 2.21. The van der Waals surface area contributed by atoms with Gasteiger partial charge >= 0.3 is 5.97 Å². The zero-order valence-corrected chi connectivity index (χ0v) is 10.2. The summed E-state index contributed by atoms with van der Waals surface area (Å²) in [6.45, 7) is 4.10. The molecule has 0 aromatic carbocycles. The Morgan fingerprint density at radius 2 is 2.27 bits per heavy atom. The predicted octanol–water partition coefficient (Wildman–Crippen LogP) is 3.02. The molecule has 15 heavy (non-hydrogen) atoms. The van der Waals surface area contributed by atoms with Gasteiger partial charge in [0.2, 0.25) is 0 Å². The molecule has 5 heteroatoms. The quantitative estimate of drug-likeness (QED) is 0.464. The minimum Gasteiger partial charge on any atom is -0.461 e. The summed E-state index contributed by atoms with van der Waals surface area (Å²) in [6.07, 6.45) is 0. The van der Waals surface area contributed by atoms with Crippen LogP contribution in [0.1, 0.15) is 24.3 Å². The molecular weight excluding hydrogens is 234 g/mol. The van der Waals surface area contributed by atoms with Crippen molar-refractivity contribution in [1.82, 2.24) is 4.98 Å². The molecule has 0 amide bonds. The number of aromatic nitrogens is 1. The summed E-state index contributed by atoms with van der Waals surface area (Å²) in [5.41, 5.74) is 0.302. The van der Waals surface area contributed by atoms with E-state index in [9.17, 15) is 4.79 Å². The molecule has 0 spiro atoms. The van der Waals surface area contributed by atoms with Crippen LogP contribution in [0.4, 0.5) is 0 Å². The highest BCUT2D eigenvalue weighted by molar-refractivity contribution is 7.99. The third kappa shape index (κ3) is 3.39. The molecule has 0 saturated heterocycles. The summed E-state index contributed by atoms with van der Waals surface area (Å²) in [7, 11) is 0. The van der Waals surface area contributed by atoms with Crippen LogP contribution in [0.2, 0.25) is 5.15 Å². The van der Waals surface area contributed by atoms with Crippen LogP contribution in [0.25, 0.3) is 0 Å². The highest BCUT2D eigenvalue weighted by Crippen LogP contribution is 2.23. The second-order valence-corrected chi connectivity index (χ2v) is 4.33.